The van der Waals surface area contributed by atoms with E-state index in [1.54, 1.807) is 24.3 Å². The summed E-state index contributed by atoms with van der Waals surface area (Å²) < 4.78 is 26.4. The Balaban J connectivity index is 1.80. The third-order valence-electron chi connectivity index (χ3n) is 4.90. The third-order valence-corrected chi connectivity index (χ3v) is 4.90. The fourth-order valence-corrected chi connectivity index (χ4v) is 3.11. The lowest BCUT2D eigenvalue weighted by atomic mass is 10.2. The molecule has 0 spiro atoms. The second kappa shape index (κ2) is 12.6. The van der Waals surface area contributed by atoms with E-state index < -0.39 is 0 Å². The summed E-state index contributed by atoms with van der Waals surface area (Å²) in [5.41, 5.74) is 13.2. The topological polar surface area (TPSA) is 118 Å². The van der Waals surface area contributed by atoms with Gasteiger partial charge in [-0.05, 0) is 61.3 Å². The number of hydrogen-bond acceptors (Lipinski definition) is 8. The normalized spacial score (nSPS) is 10.8. The number of anilines is 3. The Kier molecular flexibility index (Phi) is 9.28. The second-order valence-electron chi connectivity index (χ2n) is 7.51. The molecule has 3 aromatic rings. The Hall–Kier alpha value is -3.37. The monoisotopic (exact) mass is 456 g/mol. The summed E-state index contributed by atoms with van der Waals surface area (Å²) in [6.45, 7) is 3.33. The maximum Gasteiger partial charge on any atom is 0.231 e. The van der Waals surface area contributed by atoms with Gasteiger partial charge in [-0.15, -0.1) is 0 Å². The van der Waals surface area contributed by atoms with Gasteiger partial charge in [-0.3, -0.25) is 0 Å². The van der Waals surface area contributed by atoms with Gasteiger partial charge in [0.05, 0.1) is 0 Å². The lowest BCUT2D eigenvalue weighted by Crippen LogP contribution is -2.31. The van der Waals surface area contributed by atoms with E-state index in [-0.39, 0.29) is 11.6 Å². The van der Waals surface area contributed by atoms with Gasteiger partial charge in [0, 0.05) is 26.2 Å². The summed E-state index contributed by atoms with van der Waals surface area (Å²) in [4.78, 5) is 15.7. The molecule has 0 saturated carbocycles. The summed E-state index contributed by atoms with van der Waals surface area (Å²) in [6.07, 6.45) is 1.57. The average Bonchev–Trinajstić information content (AvgIpc) is 2.83. The van der Waals surface area contributed by atoms with Gasteiger partial charge in [0.1, 0.15) is 11.6 Å². The van der Waals surface area contributed by atoms with Crippen molar-refractivity contribution in [3.63, 3.8) is 0 Å². The first-order valence-corrected chi connectivity index (χ1v) is 10.9. The maximum absolute atomic E-state index is 13.2. The lowest BCUT2D eigenvalue weighted by molar-refractivity contribution is 0.626. The molecular formula is C23H30F2N8. The molecule has 6 N–H and O–H groups in total. The molecule has 0 fully saturated rings. The molecule has 0 saturated heterocycles. The number of nitrogens with zero attached hydrogens (tertiary/aromatic N) is 4. The second-order valence-corrected chi connectivity index (χ2v) is 7.51. The standard InChI is InChI=1S/C23H30F2N8/c24-19-7-3-17(4-8-19)15-28-21-30-22(29-16-18-5-9-20(25)10-6-18)32-23(31-21)33(13-1-11-26)14-2-12-27/h3-10H,1-2,11-16,26-27H2,(H2,28,29,30,31,32). The molecule has 0 unspecified atom stereocenters. The molecule has 1 aromatic heterocycles. The van der Waals surface area contributed by atoms with E-state index >= 15 is 0 Å². The number of nitrogens with two attached hydrogens (primary N) is 2. The zero-order chi connectivity index (χ0) is 23.5. The molecule has 0 bridgehead atoms. The molecule has 0 amide bonds. The van der Waals surface area contributed by atoms with Crippen molar-refractivity contribution in [2.24, 2.45) is 11.5 Å². The Labute approximate surface area is 192 Å². The zero-order valence-corrected chi connectivity index (χ0v) is 18.5. The third kappa shape index (κ3) is 7.92. The predicted molar refractivity (Wildman–Crippen MR) is 127 cm³/mol. The van der Waals surface area contributed by atoms with Gasteiger partial charge in [0.2, 0.25) is 17.8 Å². The van der Waals surface area contributed by atoms with E-state index in [1.807, 2.05) is 4.90 Å². The number of benzene rings is 2. The Morgan fingerprint density at radius 2 is 1.09 bits per heavy atom. The first-order valence-electron chi connectivity index (χ1n) is 10.9. The molecule has 33 heavy (non-hydrogen) atoms. The van der Waals surface area contributed by atoms with Crippen LogP contribution in [0, 0.1) is 11.6 Å². The van der Waals surface area contributed by atoms with Gasteiger partial charge in [0.15, 0.2) is 0 Å². The van der Waals surface area contributed by atoms with Gasteiger partial charge >= 0.3 is 0 Å². The highest BCUT2D eigenvalue weighted by Gasteiger charge is 2.14. The van der Waals surface area contributed by atoms with Crippen molar-refractivity contribution in [3.05, 3.63) is 71.3 Å². The molecule has 2 aromatic carbocycles. The number of rotatable bonds is 13. The summed E-state index contributed by atoms with van der Waals surface area (Å²) in [7, 11) is 0. The van der Waals surface area contributed by atoms with Crippen molar-refractivity contribution in [3.8, 4) is 0 Å². The van der Waals surface area contributed by atoms with E-state index in [0.29, 0.717) is 57.1 Å². The molecule has 0 radical (unpaired) electrons. The van der Waals surface area contributed by atoms with Crippen LogP contribution in [-0.2, 0) is 13.1 Å². The highest BCUT2D eigenvalue weighted by molar-refractivity contribution is 5.44. The van der Waals surface area contributed by atoms with Crippen LogP contribution in [0.2, 0.25) is 0 Å². The van der Waals surface area contributed by atoms with Gasteiger partial charge in [0.25, 0.3) is 0 Å². The van der Waals surface area contributed by atoms with Crippen LogP contribution in [0.1, 0.15) is 24.0 Å². The number of halogens is 2. The van der Waals surface area contributed by atoms with Crippen LogP contribution in [0.5, 0.6) is 0 Å². The first-order chi connectivity index (χ1) is 16.1. The molecular weight excluding hydrogens is 426 g/mol. The van der Waals surface area contributed by atoms with Gasteiger partial charge < -0.3 is 27.0 Å². The number of hydrogen-bond donors (Lipinski definition) is 4. The van der Waals surface area contributed by atoms with Crippen LogP contribution in [0.15, 0.2) is 48.5 Å². The lowest BCUT2D eigenvalue weighted by Gasteiger charge is -2.23. The summed E-state index contributed by atoms with van der Waals surface area (Å²) in [5, 5.41) is 6.37. The molecule has 0 aliphatic carbocycles. The Morgan fingerprint density at radius 1 is 0.667 bits per heavy atom. The molecule has 3 rings (SSSR count). The largest absolute Gasteiger partial charge is 0.350 e. The van der Waals surface area contributed by atoms with E-state index in [1.165, 1.54) is 24.3 Å². The SMILES string of the molecule is NCCCN(CCCN)c1nc(NCc2ccc(F)cc2)nc(NCc2ccc(F)cc2)n1. The van der Waals surface area contributed by atoms with E-state index in [0.717, 1.165) is 24.0 Å². The Bertz CT molecular complexity index is 907. The minimum Gasteiger partial charge on any atom is -0.350 e. The van der Waals surface area contributed by atoms with E-state index in [9.17, 15) is 8.78 Å². The van der Waals surface area contributed by atoms with E-state index in [2.05, 4.69) is 25.6 Å². The van der Waals surface area contributed by atoms with Gasteiger partial charge in [-0.2, -0.15) is 15.0 Å². The fraction of sp³-hybridized carbons (Fsp3) is 0.348. The molecule has 0 atom stereocenters. The molecule has 10 heteroatoms. The molecule has 0 aliphatic heterocycles. The summed E-state index contributed by atoms with van der Waals surface area (Å²) in [5.74, 6) is 0.704. The maximum atomic E-state index is 13.2. The zero-order valence-electron chi connectivity index (χ0n) is 18.5. The average molecular weight is 457 g/mol. The van der Waals surface area contributed by atoms with Crippen LogP contribution >= 0.6 is 0 Å². The fourth-order valence-electron chi connectivity index (χ4n) is 3.11. The van der Waals surface area contributed by atoms with Crippen LogP contribution in [-0.4, -0.2) is 41.1 Å². The quantitative estimate of drug-likeness (QED) is 0.310. The van der Waals surface area contributed by atoms with Crippen molar-refractivity contribution in [1.29, 1.82) is 0 Å². The molecule has 1 heterocycles. The van der Waals surface area contributed by atoms with Gasteiger partial charge in [-0.25, -0.2) is 8.78 Å². The predicted octanol–water partition coefficient (Wildman–Crippen LogP) is 2.88. The summed E-state index contributed by atoms with van der Waals surface area (Å²) in [6, 6.07) is 12.4. The van der Waals surface area contributed by atoms with Crippen LogP contribution in [0.4, 0.5) is 26.6 Å². The van der Waals surface area contributed by atoms with Gasteiger partial charge in [-0.1, -0.05) is 24.3 Å². The van der Waals surface area contributed by atoms with Crippen molar-refractivity contribution in [1.82, 2.24) is 15.0 Å². The molecule has 176 valence electrons. The van der Waals surface area contributed by atoms with Crippen molar-refractivity contribution in [2.75, 3.05) is 41.7 Å². The minimum atomic E-state index is -0.288. The number of aromatic nitrogens is 3. The van der Waals surface area contributed by atoms with Crippen molar-refractivity contribution < 1.29 is 8.78 Å². The van der Waals surface area contributed by atoms with Crippen molar-refractivity contribution in [2.45, 2.75) is 25.9 Å². The molecule has 8 nitrogen and oxygen atoms in total. The minimum absolute atomic E-state index is 0.288. The van der Waals surface area contributed by atoms with Crippen LogP contribution in [0.25, 0.3) is 0 Å². The smallest absolute Gasteiger partial charge is 0.231 e. The van der Waals surface area contributed by atoms with Crippen LogP contribution < -0.4 is 27.0 Å². The highest BCUT2D eigenvalue weighted by atomic mass is 19.1. The molecule has 0 aliphatic rings. The number of nitrogens with one attached hydrogen (secondary N) is 2. The first kappa shape index (κ1) is 24.3. The Morgan fingerprint density at radius 3 is 1.48 bits per heavy atom. The van der Waals surface area contributed by atoms with E-state index in [4.69, 9.17) is 11.5 Å². The van der Waals surface area contributed by atoms with Crippen LogP contribution in [0.3, 0.4) is 0 Å². The summed E-state index contributed by atoms with van der Waals surface area (Å²) >= 11 is 0. The van der Waals surface area contributed by atoms with Crippen molar-refractivity contribution >= 4 is 17.8 Å². The highest BCUT2D eigenvalue weighted by Crippen LogP contribution is 2.16.